The van der Waals surface area contributed by atoms with Crippen LogP contribution in [0.3, 0.4) is 0 Å². The minimum Gasteiger partial charge on any atom is -0.496 e. The second kappa shape index (κ2) is 8.15. The average molecular weight is 306 g/mol. The van der Waals surface area contributed by atoms with Gasteiger partial charge in [-0.3, -0.25) is 0 Å². The zero-order valence-electron chi connectivity index (χ0n) is 13.2. The second-order valence-corrected chi connectivity index (χ2v) is 6.04. The number of nitrogens with one attached hydrogen (secondary N) is 2. The van der Waals surface area contributed by atoms with E-state index >= 15 is 0 Å². The van der Waals surface area contributed by atoms with E-state index in [0.29, 0.717) is 11.2 Å². The van der Waals surface area contributed by atoms with E-state index in [1.54, 1.807) is 18.2 Å². The summed E-state index contributed by atoms with van der Waals surface area (Å²) in [4.78, 5) is 10.5. The Morgan fingerprint density at radius 3 is 2.41 bits per heavy atom. The highest BCUT2D eigenvalue weighted by Gasteiger charge is 2.32. The molecule has 1 aromatic rings. The van der Waals surface area contributed by atoms with E-state index in [4.69, 9.17) is 9.84 Å². The summed E-state index contributed by atoms with van der Waals surface area (Å²) in [6, 6.07) is 6.50. The first-order chi connectivity index (χ1) is 10.7. The number of aromatic carboxylic acids is 1. The zero-order valence-corrected chi connectivity index (χ0v) is 13.2. The van der Waals surface area contributed by atoms with Crippen LogP contribution in [0.4, 0.5) is 0 Å². The molecule has 2 saturated heterocycles. The van der Waals surface area contributed by atoms with Crippen molar-refractivity contribution >= 4 is 5.97 Å². The van der Waals surface area contributed by atoms with Crippen LogP contribution in [0.15, 0.2) is 24.3 Å². The maximum absolute atomic E-state index is 10.5. The maximum Gasteiger partial charge on any atom is 0.339 e. The summed E-state index contributed by atoms with van der Waals surface area (Å²) in [5.41, 5.74) is 0.874. The molecule has 2 aliphatic heterocycles. The summed E-state index contributed by atoms with van der Waals surface area (Å²) in [6.07, 6.45) is 5.63. The van der Waals surface area contributed by atoms with Gasteiger partial charge in [0.25, 0.3) is 0 Å². The minimum absolute atomic E-state index is 0.190. The van der Waals surface area contributed by atoms with Gasteiger partial charge in [-0.25, -0.2) is 4.79 Å². The van der Waals surface area contributed by atoms with Crippen LogP contribution >= 0.6 is 0 Å². The summed E-state index contributed by atoms with van der Waals surface area (Å²) < 4.78 is 4.83. The topological polar surface area (TPSA) is 70.6 Å². The van der Waals surface area contributed by atoms with Crippen LogP contribution in [0.1, 0.15) is 36.0 Å². The molecule has 1 aromatic carbocycles. The molecular weight excluding hydrogens is 280 g/mol. The molecule has 22 heavy (non-hydrogen) atoms. The van der Waals surface area contributed by atoms with Gasteiger partial charge in [0.1, 0.15) is 11.3 Å². The predicted molar refractivity (Wildman–Crippen MR) is 86.6 cm³/mol. The van der Waals surface area contributed by atoms with Gasteiger partial charge in [-0.05, 0) is 62.9 Å². The largest absolute Gasteiger partial charge is 0.496 e. The normalized spacial score (nSPS) is 19.9. The van der Waals surface area contributed by atoms with Crippen LogP contribution in [-0.4, -0.2) is 44.4 Å². The monoisotopic (exact) mass is 306 g/mol. The van der Waals surface area contributed by atoms with Crippen molar-refractivity contribution in [3.63, 3.8) is 0 Å². The van der Waals surface area contributed by atoms with Crippen LogP contribution in [0.25, 0.3) is 0 Å². The van der Waals surface area contributed by atoms with E-state index in [0.717, 1.165) is 0 Å². The van der Waals surface area contributed by atoms with Gasteiger partial charge < -0.3 is 20.5 Å². The number of piperidine rings is 2. The van der Waals surface area contributed by atoms with E-state index in [1.807, 2.05) is 0 Å². The van der Waals surface area contributed by atoms with Gasteiger partial charge in [0.2, 0.25) is 0 Å². The lowest BCUT2D eigenvalue weighted by Crippen LogP contribution is -2.46. The molecule has 0 saturated carbocycles. The molecule has 0 radical (unpaired) electrons. The third kappa shape index (κ3) is 4.45. The van der Waals surface area contributed by atoms with Crippen molar-refractivity contribution in [1.29, 1.82) is 0 Å². The molecule has 1 spiro atoms. The van der Waals surface area contributed by atoms with Crippen molar-refractivity contribution in [1.82, 2.24) is 10.6 Å². The molecule has 0 unspecified atom stereocenters. The summed E-state index contributed by atoms with van der Waals surface area (Å²) in [5, 5.41) is 15.6. The number of carbonyl (C=O) groups is 1. The molecule has 2 fully saturated rings. The molecule has 5 heteroatoms. The number of methoxy groups -OCH3 is 1. The number of carboxylic acid groups (broad SMARTS) is 1. The molecule has 122 valence electrons. The SMILES string of the molecule is C1CNCC2(C1)CCNCC2.COc1ccccc1C(=O)O. The van der Waals surface area contributed by atoms with E-state index < -0.39 is 5.97 Å². The number of hydrogen-bond acceptors (Lipinski definition) is 4. The van der Waals surface area contributed by atoms with Crippen LogP contribution < -0.4 is 15.4 Å². The summed E-state index contributed by atoms with van der Waals surface area (Å²) in [6.45, 7) is 4.99. The smallest absolute Gasteiger partial charge is 0.339 e. The van der Waals surface area contributed by atoms with E-state index in [1.165, 1.54) is 65.0 Å². The molecule has 2 heterocycles. The molecule has 5 nitrogen and oxygen atoms in total. The summed E-state index contributed by atoms with van der Waals surface area (Å²) >= 11 is 0. The van der Waals surface area contributed by atoms with Gasteiger partial charge >= 0.3 is 5.97 Å². The Balaban J connectivity index is 0.000000160. The lowest BCUT2D eigenvalue weighted by atomic mass is 9.73. The molecule has 0 atom stereocenters. The quantitative estimate of drug-likeness (QED) is 0.781. The Labute approximate surface area is 132 Å². The second-order valence-electron chi connectivity index (χ2n) is 6.04. The van der Waals surface area contributed by atoms with E-state index in [-0.39, 0.29) is 5.56 Å². The van der Waals surface area contributed by atoms with Gasteiger partial charge in [0.15, 0.2) is 0 Å². The van der Waals surface area contributed by atoms with Gasteiger partial charge in [-0.1, -0.05) is 12.1 Å². The van der Waals surface area contributed by atoms with Crippen molar-refractivity contribution in [3.8, 4) is 5.75 Å². The summed E-state index contributed by atoms with van der Waals surface area (Å²) in [5.74, 6) is -0.581. The van der Waals surface area contributed by atoms with Crippen molar-refractivity contribution in [3.05, 3.63) is 29.8 Å². The lowest BCUT2D eigenvalue weighted by Gasteiger charge is -2.41. The molecule has 2 aliphatic rings. The maximum atomic E-state index is 10.5. The number of ether oxygens (including phenoxy) is 1. The van der Waals surface area contributed by atoms with Crippen molar-refractivity contribution in [2.45, 2.75) is 25.7 Å². The first kappa shape index (κ1) is 16.8. The highest BCUT2D eigenvalue weighted by molar-refractivity contribution is 5.90. The molecule has 0 aliphatic carbocycles. The Morgan fingerprint density at radius 2 is 1.86 bits per heavy atom. The first-order valence-electron chi connectivity index (χ1n) is 7.95. The van der Waals surface area contributed by atoms with Crippen molar-refractivity contribution in [2.75, 3.05) is 33.3 Å². The number of rotatable bonds is 2. The Kier molecular flexibility index (Phi) is 6.21. The molecule has 0 bridgehead atoms. The van der Waals surface area contributed by atoms with Gasteiger partial charge in [-0.2, -0.15) is 0 Å². The molecule has 3 rings (SSSR count). The molecule has 0 aromatic heterocycles. The number of para-hydroxylation sites is 1. The fraction of sp³-hybridized carbons (Fsp3) is 0.588. The highest BCUT2D eigenvalue weighted by atomic mass is 16.5. The van der Waals surface area contributed by atoms with Gasteiger partial charge in [0.05, 0.1) is 7.11 Å². The first-order valence-corrected chi connectivity index (χ1v) is 7.95. The van der Waals surface area contributed by atoms with Gasteiger partial charge in [-0.15, -0.1) is 0 Å². The number of hydrogen-bond donors (Lipinski definition) is 3. The lowest BCUT2D eigenvalue weighted by molar-refractivity contribution is 0.0693. The minimum atomic E-state index is -0.970. The van der Waals surface area contributed by atoms with Crippen LogP contribution in [0.2, 0.25) is 0 Å². The van der Waals surface area contributed by atoms with Crippen molar-refractivity contribution in [2.24, 2.45) is 5.41 Å². The van der Waals surface area contributed by atoms with Gasteiger partial charge in [0, 0.05) is 6.54 Å². The van der Waals surface area contributed by atoms with E-state index in [9.17, 15) is 4.79 Å². The predicted octanol–water partition coefficient (Wildman–Crippen LogP) is 2.13. The fourth-order valence-corrected chi connectivity index (χ4v) is 3.24. The van der Waals surface area contributed by atoms with E-state index in [2.05, 4.69) is 10.6 Å². The third-order valence-electron chi connectivity index (χ3n) is 4.56. The third-order valence-corrected chi connectivity index (χ3v) is 4.56. The summed E-state index contributed by atoms with van der Waals surface area (Å²) in [7, 11) is 1.45. The molecular formula is C17H26N2O3. The molecule has 0 amide bonds. The number of benzene rings is 1. The zero-order chi connectivity index (χ0) is 15.8. The van der Waals surface area contributed by atoms with Crippen molar-refractivity contribution < 1.29 is 14.6 Å². The highest BCUT2D eigenvalue weighted by Crippen LogP contribution is 2.34. The standard InChI is InChI=1S/C9H18N2.C8H8O3/c1-2-9(8-11-5-1)3-6-10-7-4-9;1-11-7-5-3-2-4-6(7)8(9)10/h10-11H,1-8H2;2-5H,1H3,(H,9,10). The molecule has 3 N–H and O–H groups in total. The Morgan fingerprint density at radius 1 is 1.14 bits per heavy atom. The van der Waals surface area contributed by atoms with Crippen LogP contribution in [-0.2, 0) is 0 Å². The Bertz CT molecular complexity index is 459. The number of carboxylic acids is 1. The average Bonchev–Trinajstić information content (AvgIpc) is 2.57. The Hall–Kier alpha value is -1.59. The van der Waals surface area contributed by atoms with Crippen LogP contribution in [0.5, 0.6) is 5.75 Å². The fourth-order valence-electron chi connectivity index (χ4n) is 3.24. The van der Waals surface area contributed by atoms with Crippen LogP contribution in [0, 0.1) is 5.41 Å².